The zero-order valence-corrected chi connectivity index (χ0v) is 10.2. The standard InChI is InChI=1S/C13H14F2N2O/c1-8(2)16-6-12-7-18-13(17-12)9-3-10(14)5-11(15)4-9/h3-5,7-8,16H,6H2,1-2H3. The molecule has 5 heteroatoms. The molecule has 0 amide bonds. The van der Waals surface area contributed by atoms with Gasteiger partial charge in [-0.2, -0.15) is 0 Å². The van der Waals surface area contributed by atoms with Gasteiger partial charge in [-0.05, 0) is 12.1 Å². The number of nitrogens with one attached hydrogen (secondary N) is 1. The highest BCUT2D eigenvalue weighted by Crippen LogP contribution is 2.21. The second-order valence-corrected chi connectivity index (χ2v) is 4.34. The van der Waals surface area contributed by atoms with Gasteiger partial charge in [0.2, 0.25) is 5.89 Å². The summed E-state index contributed by atoms with van der Waals surface area (Å²) < 4.78 is 31.3. The first kappa shape index (κ1) is 12.7. The molecule has 1 aromatic carbocycles. The molecule has 18 heavy (non-hydrogen) atoms. The first-order chi connectivity index (χ1) is 8.54. The van der Waals surface area contributed by atoms with Crippen molar-refractivity contribution in [2.24, 2.45) is 0 Å². The van der Waals surface area contributed by atoms with Crippen LogP contribution < -0.4 is 5.32 Å². The first-order valence-corrected chi connectivity index (χ1v) is 5.69. The topological polar surface area (TPSA) is 38.1 Å². The summed E-state index contributed by atoms with van der Waals surface area (Å²) >= 11 is 0. The Labute approximate surface area is 104 Å². The minimum atomic E-state index is -0.648. The maximum absolute atomic E-state index is 13.1. The van der Waals surface area contributed by atoms with E-state index in [0.29, 0.717) is 23.8 Å². The second kappa shape index (κ2) is 5.27. The van der Waals surface area contributed by atoms with E-state index in [4.69, 9.17) is 4.42 Å². The minimum Gasteiger partial charge on any atom is -0.444 e. The Hall–Kier alpha value is -1.75. The minimum absolute atomic E-state index is 0.217. The van der Waals surface area contributed by atoms with Crippen molar-refractivity contribution in [3.8, 4) is 11.5 Å². The van der Waals surface area contributed by atoms with Crippen molar-refractivity contribution < 1.29 is 13.2 Å². The Morgan fingerprint density at radius 2 is 1.89 bits per heavy atom. The third-order valence-corrected chi connectivity index (χ3v) is 2.35. The molecule has 0 radical (unpaired) electrons. The summed E-state index contributed by atoms with van der Waals surface area (Å²) in [6, 6.07) is 3.52. The zero-order valence-electron chi connectivity index (χ0n) is 10.2. The van der Waals surface area contributed by atoms with Crippen LogP contribution in [-0.4, -0.2) is 11.0 Å². The molecule has 0 aliphatic heterocycles. The predicted octanol–water partition coefficient (Wildman–Crippen LogP) is 3.12. The molecule has 3 nitrogen and oxygen atoms in total. The van der Waals surface area contributed by atoms with Crippen molar-refractivity contribution >= 4 is 0 Å². The largest absolute Gasteiger partial charge is 0.444 e. The number of halogens is 2. The van der Waals surface area contributed by atoms with Crippen LogP contribution in [0.1, 0.15) is 19.5 Å². The molecule has 0 fully saturated rings. The van der Waals surface area contributed by atoms with Crippen LogP contribution in [0.4, 0.5) is 8.78 Å². The molecule has 0 spiro atoms. The predicted molar refractivity (Wildman–Crippen MR) is 63.8 cm³/mol. The highest BCUT2D eigenvalue weighted by molar-refractivity contribution is 5.53. The summed E-state index contributed by atoms with van der Waals surface area (Å²) in [5.41, 5.74) is 0.992. The number of hydrogen-bond acceptors (Lipinski definition) is 3. The molecule has 0 unspecified atom stereocenters. The van der Waals surface area contributed by atoms with Gasteiger partial charge >= 0.3 is 0 Å². The van der Waals surface area contributed by atoms with Gasteiger partial charge in [0.1, 0.15) is 17.9 Å². The van der Waals surface area contributed by atoms with E-state index < -0.39 is 11.6 Å². The monoisotopic (exact) mass is 252 g/mol. The lowest BCUT2D eigenvalue weighted by Crippen LogP contribution is -2.21. The van der Waals surface area contributed by atoms with Crippen LogP contribution in [0.5, 0.6) is 0 Å². The average Bonchev–Trinajstić information content (AvgIpc) is 2.73. The van der Waals surface area contributed by atoms with Gasteiger partial charge in [0.15, 0.2) is 0 Å². The van der Waals surface area contributed by atoms with Crippen LogP contribution in [0.2, 0.25) is 0 Å². The molecule has 0 aliphatic rings. The molecule has 2 rings (SSSR count). The van der Waals surface area contributed by atoms with Crippen molar-refractivity contribution in [1.82, 2.24) is 10.3 Å². The van der Waals surface area contributed by atoms with E-state index >= 15 is 0 Å². The molecule has 0 atom stereocenters. The highest BCUT2D eigenvalue weighted by Gasteiger charge is 2.09. The fourth-order valence-corrected chi connectivity index (χ4v) is 1.51. The molecule has 1 aromatic heterocycles. The normalized spacial score (nSPS) is 11.2. The van der Waals surface area contributed by atoms with Gasteiger partial charge in [0.05, 0.1) is 5.69 Å². The average molecular weight is 252 g/mol. The van der Waals surface area contributed by atoms with Gasteiger partial charge < -0.3 is 9.73 Å². The van der Waals surface area contributed by atoms with Gasteiger partial charge in [-0.1, -0.05) is 13.8 Å². The summed E-state index contributed by atoms with van der Waals surface area (Å²) in [4.78, 5) is 4.17. The van der Waals surface area contributed by atoms with Crippen LogP contribution in [0, 0.1) is 11.6 Å². The number of rotatable bonds is 4. The molecule has 2 aromatic rings. The number of nitrogens with zero attached hydrogens (tertiary/aromatic N) is 1. The zero-order chi connectivity index (χ0) is 13.1. The van der Waals surface area contributed by atoms with Gasteiger partial charge in [-0.3, -0.25) is 0 Å². The van der Waals surface area contributed by atoms with E-state index in [-0.39, 0.29) is 5.89 Å². The molecule has 96 valence electrons. The molecular formula is C13H14F2N2O. The van der Waals surface area contributed by atoms with Crippen LogP contribution in [0.3, 0.4) is 0 Å². The van der Waals surface area contributed by atoms with Crippen molar-refractivity contribution in [2.45, 2.75) is 26.4 Å². The van der Waals surface area contributed by atoms with Gasteiger partial charge in [0, 0.05) is 24.2 Å². The molecular weight excluding hydrogens is 238 g/mol. The third-order valence-electron chi connectivity index (χ3n) is 2.35. The van der Waals surface area contributed by atoms with Gasteiger partial charge in [-0.25, -0.2) is 13.8 Å². The third kappa shape index (κ3) is 3.13. The SMILES string of the molecule is CC(C)NCc1coc(-c2cc(F)cc(F)c2)n1. The number of oxazole rings is 1. The Bertz CT molecular complexity index is 517. The Kier molecular flexibility index (Phi) is 3.72. The van der Waals surface area contributed by atoms with Crippen LogP contribution >= 0.6 is 0 Å². The maximum atomic E-state index is 13.1. The van der Waals surface area contributed by atoms with Gasteiger partial charge in [0.25, 0.3) is 0 Å². The number of benzene rings is 1. The first-order valence-electron chi connectivity index (χ1n) is 5.69. The van der Waals surface area contributed by atoms with E-state index in [2.05, 4.69) is 10.3 Å². The van der Waals surface area contributed by atoms with Crippen molar-refractivity contribution in [1.29, 1.82) is 0 Å². The van der Waals surface area contributed by atoms with E-state index in [1.165, 1.54) is 18.4 Å². The Balaban J connectivity index is 2.18. The van der Waals surface area contributed by atoms with Crippen LogP contribution in [0.25, 0.3) is 11.5 Å². The lowest BCUT2D eigenvalue weighted by atomic mass is 10.2. The smallest absolute Gasteiger partial charge is 0.226 e. The summed E-state index contributed by atoms with van der Waals surface area (Å²) in [6.45, 7) is 4.59. The molecule has 0 saturated carbocycles. The van der Waals surface area contributed by atoms with Crippen molar-refractivity contribution in [3.05, 3.63) is 41.8 Å². The summed E-state index contributed by atoms with van der Waals surface area (Å²) in [6.07, 6.45) is 1.48. The fourth-order valence-electron chi connectivity index (χ4n) is 1.51. The van der Waals surface area contributed by atoms with E-state index in [0.717, 1.165) is 6.07 Å². The Morgan fingerprint density at radius 3 is 2.50 bits per heavy atom. The summed E-state index contributed by atoms with van der Waals surface area (Å²) in [5.74, 6) is -1.08. The molecule has 1 N–H and O–H groups in total. The van der Waals surface area contributed by atoms with Crippen molar-refractivity contribution in [2.75, 3.05) is 0 Å². The lowest BCUT2D eigenvalue weighted by Gasteiger charge is -2.04. The van der Waals surface area contributed by atoms with Crippen molar-refractivity contribution in [3.63, 3.8) is 0 Å². The molecule has 0 bridgehead atoms. The van der Waals surface area contributed by atoms with Gasteiger partial charge in [-0.15, -0.1) is 0 Å². The van der Waals surface area contributed by atoms with Crippen LogP contribution in [-0.2, 0) is 6.54 Å². The van der Waals surface area contributed by atoms with E-state index in [9.17, 15) is 8.78 Å². The summed E-state index contributed by atoms with van der Waals surface area (Å²) in [5, 5.41) is 3.18. The van der Waals surface area contributed by atoms with E-state index in [1.807, 2.05) is 13.8 Å². The maximum Gasteiger partial charge on any atom is 0.226 e. The van der Waals surface area contributed by atoms with Crippen LogP contribution in [0.15, 0.2) is 28.9 Å². The fraction of sp³-hybridized carbons (Fsp3) is 0.308. The number of hydrogen-bond donors (Lipinski definition) is 1. The second-order valence-electron chi connectivity index (χ2n) is 4.34. The molecule has 0 aliphatic carbocycles. The highest BCUT2D eigenvalue weighted by atomic mass is 19.1. The quantitative estimate of drug-likeness (QED) is 0.908. The summed E-state index contributed by atoms with van der Waals surface area (Å²) in [7, 11) is 0. The Morgan fingerprint density at radius 1 is 1.22 bits per heavy atom. The van der Waals surface area contributed by atoms with E-state index in [1.54, 1.807) is 0 Å². The lowest BCUT2D eigenvalue weighted by molar-refractivity contribution is 0.555. The molecule has 0 saturated heterocycles. The molecule has 1 heterocycles. The number of aromatic nitrogens is 1.